The quantitative estimate of drug-likeness (QED) is 0.543. The normalized spacial score (nSPS) is 13.1. The molecule has 0 bridgehead atoms. The van der Waals surface area contributed by atoms with Crippen molar-refractivity contribution >= 4 is 23.3 Å². The SMILES string of the molecule is COc1ccc(C(=O)CCC(=O)N2CCc3noc(-c4ccc(Cl)cc4)c3C2)cc1. The number of aromatic nitrogens is 1. The number of carbonyl (C=O) groups is 2. The summed E-state index contributed by atoms with van der Waals surface area (Å²) in [7, 11) is 1.58. The van der Waals surface area contributed by atoms with Crippen LogP contribution in [0.3, 0.4) is 0 Å². The number of ether oxygens (including phenoxy) is 1. The number of carbonyl (C=O) groups excluding carboxylic acids is 2. The number of fused-ring (bicyclic) bond motifs is 1. The zero-order valence-electron chi connectivity index (χ0n) is 16.6. The Balaban J connectivity index is 1.40. The van der Waals surface area contributed by atoms with Gasteiger partial charge in [-0.15, -0.1) is 0 Å². The number of Topliss-reactive ketones (excluding diaryl/α,β-unsaturated/α-hetero) is 1. The predicted octanol–water partition coefficient (Wildman–Crippen LogP) is 4.55. The van der Waals surface area contributed by atoms with Crippen LogP contribution in [0.2, 0.25) is 5.02 Å². The zero-order valence-corrected chi connectivity index (χ0v) is 17.3. The van der Waals surface area contributed by atoms with Crippen molar-refractivity contribution in [1.82, 2.24) is 10.1 Å². The van der Waals surface area contributed by atoms with Gasteiger partial charge in [0, 0.05) is 47.5 Å². The van der Waals surface area contributed by atoms with Crippen molar-refractivity contribution in [3.05, 3.63) is 70.4 Å². The third kappa shape index (κ3) is 4.24. The van der Waals surface area contributed by atoms with Crippen LogP contribution in [0.25, 0.3) is 11.3 Å². The highest BCUT2D eigenvalue weighted by atomic mass is 35.5. The molecule has 0 spiro atoms. The van der Waals surface area contributed by atoms with Gasteiger partial charge in [0.05, 0.1) is 19.3 Å². The molecule has 0 radical (unpaired) electrons. The molecular formula is C23H21ClN2O4. The summed E-state index contributed by atoms with van der Waals surface area (Å²) < 4.78 is 10.7. The Morgan fingerprint density at radius 2 is 1.83 bits per heavy atom. The number of hydrogen-bond acceptors (Lipinski definition) is 5. The van der Waals surface area contributed by atoms with Crippen molar-refractivity contribution in [2.24, 2.45) is 0 Å². The van der Waals surface area contributed by atoms with Crippen LogP contribution in [0.1, 0.15) is 34.5 Å². The molecule has 0 saturated heterocycles. The molecule has 154 valence electrons. The molecule has 1 aliphatic heterocycles. The number of benzene rings is 2. The molecular weight excluding hydrogens is 404 g/mol. The Labute approximate surface area is 179 Å². The predicted molar refractivity (Wildman–Crippen MR) is 113 cm³/mol. The van der Waals surface area contributed by atoms with Crippen LogP contribution in [0.15, 0.2) is 53.1 Å². The first-order valence-electron chi connectivity index (χ1n) is 9.73. The minimum absolute atomic E-state index is 0.0502. The van der Waals surface area contributed by atoms with Gasteiger partial charge in [0.1, 0.15) is 5.75 Å². The monoisotopic (exact) mass is 424 g/mol. The van der Waals surface area contributed by atoms with E-state index in [0.717, 1.165) is 16.8 Å². The van der Waals surface area contributed by atoms with Crippen molar-refractivity contribution < 1.29 is 18.8 Å². The van der Waals surface area contributed by atoms with E-state index in [1.165, 1.54) is 0 Å². The van der Waals surface area contributed by atoms with Gasteiger partial charge in [0.15, 0.2) is 11.5 Å². The highest BCUT2D eigenvalue weighted by Crippen LogP contribution is 2.31. The Morgan fingerprint density at radius 3 is 2.53 bits per heavy atom. The second-order valence-electron chi connectivity index (χ2n) is 7.16. The van der Waals surface area contributed by atoms with Gasteiger partial charge in [-0.05, 0) is 48.5 Å². The summed E-state index contributed by atoms with van der Waals surface area (Å²) in [5.41, 5.74) is 3.24. The minimum atomic E-state index is -0.0597. The number of amides is 1. The maximum atomic E-state index is 12.7. The van der Waals surface area contributed by atoms with E-state index >= 15 is 0 Å². The van der Waals surface area contributed by atoms with Gasteiger partial charge in [0.2, 0.25) is 5.91 Å². The zero-order chi connectivity index (χ0) is 21.1. The molecule has 0 aliphatic carbocycles. The molecule has 6 nitrogen and oxygen atoms in total. The first-order chi connectivity index (χ1) is 14.5. The lowest BCUT2D eigenvalue weighted by atomic mass is 10.0. The van der Waals surface area contributed by atoms with Crippen molar-refractivity contribution in [3.63, 3.8) is 0 Å². The fourth-order valence-corrected chi connectivity index (χ4v) is 3.68. The Hall–Kier alpha value is -3.12. The third-order valence-corrected chi connectivity index (χ3v) is 5.53. The maximum absolute atomic E-state index is 12.7. The lowest BCUT2D eigenvalue weighted by molar-refractivity contribution is -0.132. The summed E-state index contributed by atoms with van der Waals surface area (Å²) in [6, 6.07) is 14.2. The molecule has 0 unspecified atom stereocenters. The van der Waals surface area contributed by atoms with Crippen molar-refractivity contribution in [2.45, 2.75) is 25.8 Å². The first kappa shape index (κ1) is 20.2. The molecule has 2 heterocycles. The van der Waals surface area contributed by atoms with E-state index in [1.54, 1.807) is 48.4 Å². The fourth-order valence-electron chi connectivity index (χ4n) is 3.55. The number of halogens is 1. The van der Waals surface area contributed by atoms with Gasteiger partial charge in [-0.25, -0.2) is 0 Å². The number of nitrogens with zero attached hydrogens (tertiary/aromatic N) is 2. The Kier molecular flexibility index (Phi) is 5.86. The van der Waals surface area contributed by atoms with E-state index in [0.29, 0.717) is 41.6 Å². The van der Waals surface area contributed by atoms with Gasteiger partial charge in [0.25, 0.3) is 0 Å². The third-order valence-electron chi connectivity index (χ3n) is 5.27. The van der Waals surface area contributed by atoms with E-state index in [-0.39, 0.29) is 24.5 Å². The smallest absolute Gasteiger partial charge is 0.223 e. The van der Waals surface area contributed by atoms with Crippen LogP contribution < -0.4 is 4.74 Å². The van der Waals surface area contributed by atoms with Crippen molar-refractivity contribution in [1.29, 1.82) is 0 Å². The average Bonchev–Trinajstić information content (AvgIpc) is 3.21. The van der Waals surface area contributed by atoms with Crippen molar-refractivity contribution in [3.8, 4) is 17.1 Å². The molecule has 4 rings (SSSR count). The summed E-state index contributed by atoms with van der Waals surface area (Å²) in [5, 5.41) is 4.81. The largest absolute Gasteiger partial charge is 0.497 e. The van der Waals surface area contributed by atoms with E-state index in [2.05, 4.69) is 5.16 Å². The molecule has 0 fully saturated rings. The molecule has 1 amide bonds. The number of ketones is 1. The van der Waals surface area contributed by atoms with Gasteiger partial charge in [-0.1, -0.05) is 16.8 Å². The highest BCUT2D eigenvalue weighted by molar-refractivity contribution is 6.30. The maximum Gasteiger partial charge on any atom is 0.223 e. The average molecular weight is 425 g/mol. The lowest BCUT2D eigenvalue weighted by Gasteiger charge is -2.26. The van der Waals surface area contributed by atoms with Crippen molar-refractivity contribution in [2.75, 3.05) is 13.7 Å². The standard InChI is InChI=1S/C23H21ClN2O4/c1-29-18-8-4-15(5-9-18)21(27)10-11-22(28)26-13-12-20-19(14-26)23(30-25-20)16-2-6-17(24)7-3-16/h2-9H,10-14H2,1H3. The van der Waals surface area contributed by atoms with Gasteiger partial charge in [-0.3, -0.25) is 9.59 Å². The van der Waals surface area contributed by atoms with E-state index in [4.69, 9.17) is 20.9 Å². The molecule has 3 aromatic rings. The van der Waals surface area contributed by atoms with Gasteiger partial charge >= 0.3 is 0 Å². The summed E-state index contributed by atoms with van der Waals surface area (Å²) >= 11 is 5.97. The van der Waals surface area contributed by atoms with Crippen LogP contribution in [0, 0.1) is 0 Å². The molecule has 2 aromatic carbocycles. The second kappa shape index (κ2) is 8.71. The second-order valence-corrected chi connectivity index (χ2v) is 7.60. The van der Waals surface area contributed by atoms with Crippen LogP contribution in [-0.4, -0.2) is 35.4 Å². The summed E-state index contributed by atoms with van der Waals surface area (Å²) in [4.78, 5) is 26.9. The van der Waals surface area contributed by atoms with E-state index in [1.807, 2.05) is 12.1 Å². The number of hydrogen-bond donors (Lipinski definition) is 0. The van der Waals surface area contributed by atoms with Crippen LogP contribution in [0.4, 0.5) is 0 Å². The molecule has 1 aromatic heterocycles. The highest BCUT2D eigenvalue weighted by Gasteiger charge is 2.27. The lowest BCUT2D eigenvalue weighted by Crippen LogP contribution is -2.36. The van der Waals surface area contributed by atoms with E-state index in [9.17, 15) is 9.59 Å². The summed E-state index contributed by atoms with van der Waals surface area (Å²) in [5.74, 6) is 1.24. The molecule has 0 N–H and O–H groups in total. The fraction of sp³-hybridized carbons (Fsp3) is 0.261. The van der Waals surface area contributed by atoms with E-state index < -0.39 is 0 Å². The molecule has 30 heavy (non-hydrogen) atoms. The van der Waals surface area contributed by atoms with Gasteiger partial charge < -0.3 is 14.2 Å². The first-order valence-corrected chi connectivity index (χ1v) is 10.1. The molecule has 0 atom stereocenters. The molecule has 7 heteroatoms. The molecule has 0 saturated carbocycles. The number of methoxy groups -OCH3 is 1. The number of rotatable bonds is 6. The Bertz CT molecular complexity index is 1060. The summed E-state index contributed by atoms with van der Waals surface area (Å²) in [6.45, 7) is 0.988. The van der Waals surface area contributed by atoms with Crippen LogP contribution in [0.5, 0.6) is 5.75 Å². The Morgan fingerprint density at radius 1 is 1.10 bits per heavy atom. The topological polar surface area (TPSA) is 72.6 Å². The van der Waals surface area contributed by atoms with Crippen LogP contribution >= 0.6 is 11.6 Å². The minimum Gasteiger partial charge on any atom is -0.497 e. The van der Waals surface area contributed by atoms with Crippen LogP contribution in [-0.2, 0) is 17.8 Å². The summed E-state index contributed by atoms with van der Waals surface area (Å²) in [6.07, 6.45) is 0.967. The molecule has 1 aliphatic rings. The van der Waals surface area contributed by atoms with Gasteiger partial charge in [-0.2, -0.15) is 0 Å².